The fourth-order valence-corrected chi connectivity index (χ4v) is 2.58. The molecule has 2 aromatic carbocycles. The summed E-state index contributed by atoms with van der Waals surface area (Å²) < 4.78 is 10.8. The zero-order valence-corrected chi connectivity index (χ0v) is 11.5. The summed E-state index contributed by atoms with van der Waals surface area (Å²) in [5, 5.41) is 13.6. The van der Waals surface area contributed by atoms with E-state index in [1.165, 1.54) is 0 Å². The lowest BCUT2D eigenvalue weighted by molar-refractivity contribution is -0.120. The van der Waals surface area contributed by atoms with Crippen LogP contribution < -0.4 is 14.9 Å². The number of nitrogens with zero attached hydrogens (tertiary/aromatic N) is 1. The Hall–Kier alpha value is -3.02. The Kier molecular flexibility index (Phi) is 2.75. The molecule has 0 fully saturated rings. The maximum atomic E-state index is 11.8. The first-order chi connectivity index (χ1) is 10.7. The van der Waals surface area contributed by atoms with Gasteiger partial charge in [0.25, 0.3) is 0 Å². The number of benzene rings is 2. The van der Waals surface area contributed by atoms with E-state index in [9.17, 15) is 9.90 Å². The number of aromatic hydroxyl groups is 1. The Morgan fingerprint density at radius 3 is 2.59 bits per heavy atom. The highest BCUT2D eigenvalue weighted by Gasteiger charge is 2.24. The molecule has 2 heterocycles. The normalized spacial score (nSPS) is 15.6. The third-order valence-corrected chi connectivity index (χ3v) is 3.64. The van der Waals surface area contributed by atoms with Crippen LogP contribution in [0.15, 0.2) is 41.5 Å². The second kappa shape index (κ2) is 4.77. The Morgan fingerprint density at radius 1 is 1.09 bits per heavy atom. The quantitative estimate of drug-likeness (QED) is 0.836. The van der Waals surface area contributed by atoms with E-state index in [2.05, 4.69) is 10.5 Å². The van der Waals surface area contributed by atoms with Crippen LogP contribution in [0.5, 0.6) is 17.2 Å². The summed E-state index contributed by atoms with van der Waals surface area (Å²) in [5.41, 5.74) is 5.59. The molecule has 22 heavy (non-hydrogen) atoms. The van der Waals surface area contributed by atoms with Gasteiger partial charge in [-0.3, -0.25) is 4.79 Å². The van der Waals surface area contributed by atoms with E-state index in [1.807, 2.05) is 12.1 Å². The standard InChI is InChI=1S/C16H12N2O4/c19-11-3-1-9(2-4-11)16-12-7-14-13(21-8-22-14)5-10(12)6-15(20)17-18-16/h1-5,7,19H,6,8H2,(H,17,20). The molecule has 0 saturated heterocycles. The van der Waals surface area contributed by atoms with Gasteiger partial charge in [-0.1, -0.05) is 0 Å². The predicted octanol–water partition coefficient (Wildman–Crippen LogP) is 1.55. The van der Waals surface area contributed by atoms with E-state index in [0.29, 0.717) is 17.2 Å². The molecule has 0 bridgehead atoms. The Labute approximate surface area is 126 Å². The molecule has 0 aromatic heterocycles. The molecule has 2 aromatic rings. The van der Waals surface area contributed by atoms with Crippen molar-refractivity contribution in [1.29, 1.82) is 0 Å². The van der Waals surface area contributed by atoms with Crippen molar-refractivity contribution in [3.8, 4) is 17.2 Å². The van der Waals surface area contributed by atoms with Crippen LogP contribution in [-0.2, 0) is 11.2 Å². The summed E-state index contributed by atoms with van der Waals surface area (Å²) in [6.07, 6.45) is 0.219. The molecule has 0 radical (unpaired) electrons. The van der Waals surface area contributed by atoms with Crippen LogP contribution in [0.25, 0.3) is 0 Å². The smallest absolute Gasteiger partial charge is 0.244 e. The second-order valence-corrected chi connectivity index (χ2v) is 5.08. The highest BCUT2D eigenvalue weighted by atomic mass is 16.7. The minimum atomic E-state index is -0.186. The zero-order chi connectivity index (χ0) is 15.1. The molecule has 0 unspecified atom stereocenters. The van der Waals surface area contributed by atoms with Crippen LogP contribution in [0.1, 0.15) is 16.7 Å². The molecule has 0 spiro atoms. The largest absolute Gasteiger partial charge is 0.508 e. The Balaban J connectivity index is 1.89. The first kappa shape index (κ1) is 12.7. The van der Waals surface area contributed by atoms with E-state index in [1.54, 1.807) is 24.3 Å². The number of hydrazone groups is 1. The molecular formula is C16H12N2O4. The fraction of sp³-hybridized carbons (Fsp3) is 0.125. The van der Waals surface area contributed by atoms with Crippen LogP contribution >= 0.6 is 0 Å². The first-order valence-corrected chi connectivity index (χ1v) is 6.79. The van der Waals surface area contributed by atoms with E-state index in [4.69, 9.17) is 9.47 Å². The average molecular weight is 296 g/mol. The summed E-state index contributed by atoms with van der Waals surface area (Å²) in [7, 11) is 0. The number of hydrogen-bond donors (Lipinski definition) is 2. The van der Waals surface area contributed by atoms with Crippen LogP contribution in [0.3, 0.4) is 0 Å². The monoisotopic (exact) mass is 296 g/mol. The van der Waals surface area contributed by atoms with Crippen molar-refractivity contribution >= 4 is 11.6 Å². The SMILES string of the molecule is O=C1Cc2cc3c(cc2C(c2ccc(O)cc2)=NN1)OCO3. The predicted molar refractivity (Wildman–Crippen MR) is 78.2 cm³/mol. The molecular weight excluding hydrogens is 284 g/mol. The minimum Gasteiger partial charge on any atom is -0.508 e. The summed E-state index contributed by atoms with van der Waals surface area (Å²) in [5.74, 6) is 1.26. The van der Waals surface area contributed by atoms with Crippen LogP contribution in [-0.4, -0.2) is 23.5 Å². The number of carbonyl (C=O) groups excluding carboxylic acids is 1. The fourth-order valence-electron chi connectivity index (χ4n) is 2.58. The van der Waals surface area contributed by atoms with Crippen molar-refractivity contribution in [2.45, 2.75) is 6.42 Å². The number of carbonyl (C=O) groups is 1. The maximum Gasteiger partial charge on any atom is 0.244 e. The van der Waals surface area contributed by atoms with E-state index >= 15 is 0 Å². The Morgan fingerprint density at radius 2 is 1.82 bits per heavy atom. The molecule has 1 amide bonds. The number of phenolic OH excluding ortho intramolecular Hbond substituents is 1. The van der Waals surface area contributed by atoms with Gasteiger partial charge in [0.2, 0.25) is 12.7 Å². The minimum absolute atomic E-state index is 0.174. The third kappa shape index (κ3) is 2.05. The molecule has 2 N–H and O–H groups in total. The van der Waals surface area contributed by atoms with Crippen molar-refractivity contribution in [2.24, 2.45) is 5.10 Å². The topological polar surface area (TPSA) is 80.2 Å². The molecule has 2 aliphatic rings. The zero-order valence-electron chi connectivity index (χ0n) is 11.5. The molecule has 110 valence electrons. The number of rotatable bonds is 1. The maximum absolute atomic E-state index is 11.8. The molecule has 2 aliphatic heterocycles. The van der Waals surface area contributed by atoms with Gasteiger partial charge in [-0.25, -0.2) is 5.43 Å². The molecule has 6 heteroatoms. The highest BCUT2D eigenvalue weighted by Crippen LogP contribution is 2.36. The average Bonchev–Trinajstić information content (AvgIpc) is 2.89. The number of phenols is 1. The summed E-state index contributed by atoms with van der Waals surface area (Å²) in [4.78, 5) is 11.8. The lowest BCUT2D eigenvalue weighted by atomic mass is 9.95. The van der Waals surface area contributed by atoms with Crippen molar-refractivity contribution in [1.82, 2.24) is 5.43 Å². The lowest BCUT2D eigenvalue weighted by Gasteiger charge is -2.10. The van der Waals surface area contributed by atoms with Crippen molar-refractivity contribution < 1.29 is 19.4 Å². The van der Waals surface area contributed by atoms with Gasteiger partial charge >= 0.3 is 0 Å². The molecule has 0 aliphatic carbocycles. The molecule has 4 rings (SSSR count). The Bertz CT molecular complexity index is 797. The van der Waals surface area contributed by atoms with Gasteiger partial charge in [0.05, 0.1) is 12.1 Å². The third-order valence-electron chi connectivity index (χ3n) is 3.64. The van der Waals surface area contributed by atoms with Crippen molar-refractivity contribution in [3.05, 3.63) is 53.1 Å². The van der Waals surface area contributed by atoms with Gasteiger partial charge < -0.3 is 14.6 Å². The summed E-state index contributed by atoms with van der Waals surface area (Å²) in [6.45, 7) is 0.177. The summed E-state index contributed by atoms with van der Waals surface area (Å²) >= 11 is 0. The van der Waals surface area contributed by atoms with Gasteiger partial charge in [0.15, 0.2) is 11.5 Å². The molecule has 6 nitrogen and oxygen atoms in total. The van der Waals surface area contributed by atoms with Gasteiger partial charge in [0, 0.05) is 11.1 Å². The van der Waals surface area contributed by atoms with Crippen molar-refractivity contribution in [3.63, 3.8) is 0 Å². The van der Waals surface area contributed by atoms with Crippen LogP contribution in [0.4, 0.5) is 0 Å². The van der Waals surface area contributed by atoms with Gasteiger partial charge in [-0.15, -0.1) is 0 Å². The number of amides is 1. The van der Waals surface area contributed by atoms with Gasteiger partial charge in [0.1, 0.15) is 5.75 Å². The number of nitrogens with one attached hydrogen (secondary N) is 1. The number of hydrogen-bond acceptors (Lipinski definition) is 5. The van der Waals surface area contributed by atoms with Crippen LogP contribution in [0.2, 0.25) is 0 Å². The van der Waals surface area contributed by atoms with Gasteiger partial charge in [-0.2, -0.15) is 5.10 Å². The van der Waals surface area contributed by atoms with Crippen molar-refractivity contribution in [2.75, 3.05) is 6.79 Å². The second-order valence-electron chi connectivity index (χ2n) is 5.08. The molecule has 0 atom stereocenters. The van der Waals surface area contributed by atoms with E-state index in [-0.39, 0.29) is 24.9 Å². The highest BCUT2D eigenvalue weighted by molar-refractivity contribution is 6.15. The first-order valence-electron chi connectivity index (χ1n) is 6.79. The van der Waals surface area contributed by atoms with E-state index < -0.39 is 0 Å². The van der Waals surface area contributed by atoms with Crippen LogP contribution in [0, 0.1) is 0 Å². The number of fused-ring (bicyclic) bond motifs is 2. The van der Waals surface area contributed by atoms with Gasteiger partial charge in [-0.05, 0) is 42.0 Å². The molecule has 0 saturated carbocycles. The summed E-state index contributed by atoms with van der Waals surface area (Å²) in [6, 6.07) is 10.3. The van der Waals surface area contributed by atoms with E-state index in [0.717, 1.165) is 16.7 Å². The number of ether oxygens (including phenoxy) is 2. The lowest BCUT2D eigenvalue weighted by Crippen LogP contribution is -2.18.